The Morgan fingerprint density at radius 2 is 1.93 bits per heavy atom. The topological polar surface area (TPSA) is 33.4 Å². The molecule has 2 fully saturated rings. The molecule has 3 heterocycles. The van der Waals surface area contributed by atoms with Gasteiger partial charge in [0.05, 0.1) is 14.9 Å². The molecule has 0 bridgehead atoms. The van der Waals surface area contributed by atoms with E-state index >= 15 is 0 Å². The second kappa shape index (κ2) is 7.68. The lowest BCUT2D eigenvalue weighted by Gasteiger charge is -2.40. The van der Waals surface area contributed by atoms with Crippen LogP contribution in [-0.2, 0) is 0 Å². The number of halogens is 2. The van der Waals surface area contributed by atoms with Crippen molar-refractivity contribution in [3.63, 3.8) is 0 Å². The van der Waals surface area contributed by atoms with Crippen molar-refractivity contribution in [1.29, 1.82) is 0 Å². The second-order valence-corrected chi connectivity index (χ2v) is 10.4. The molecule has 5 rings (SSSR count). The highest BCUT2D eigenvalue weighted by atomic mass is 35.5. The first-order valence-corrected chi connectivity index (χ1v) is 11.8. The second-order valence-electron chi connectivity index (χ2n) is 8.53. The van der Waals surface area contributed by atoms with E-state index in [0.29, 0.717) is 15.5 Å². The fourth-order valence-electron chi connectivity index (χ4n) is 5.00. The molecule has 1 spiro atoms. The highest BCUT2D eigenvalue weighted by molar-refractivity contribution is 7.99. The Kier molecular flexibility index (Phi) is 5.17. The quantitative estimate of drug-likeness (QED) is 0.453. The van der Waals surface area contributed by atoms with Gasteiger partial charge in [-0.05, 0) is 49.1 Å². The maximum atomic E-state index is 6.38. The molecule has 7 heteroatoms. The molecule has 2 aromatic heterocycles. The zero-order chi connectivity index (χ0) is 20.0. The van der Waals surface area contributed by atoms with E-state index in [9.17, 15) is 0 Å². The number of anilines is 1. The maximum absolute atomic E-state index is 6.38. The Morgan fingerprint density at radius 1 is 1.10 bits per heavy atom. The largest absolute Gasteiger partial charge is 0.342 e. The van der Waals surface area contributed by atoms with E-state index in [1.807, 2.05) is 30.7 Å². The number of fused-ring (bicyclic) bond motifs is 1. The van der Waals surface area contributed by atoms with Crippen LogP contribution in [0.2, 0.25) is 10.0 Å². The van der Waals surface area contributed by atoms with Gasteiger partial charge in [-0.3, -0.25) is 4.40 Å². The predicted molar refractivity (Wildman–Crippen MR) is 120 cm³/mol. The molecule has 1 saturated carbocycles. The summed E-state index contributed by atoms with van der Waals surface area (Å²) < 4.78 is 2.11. The van der Waals surface area contributed by atoms with Crippen LogP contribution >= 0.6 is 35.0 Å². The lowest BCUT2D eigenvalue weighted by molar-refractivity contribution is 0.218. The van der Waals surface area contributed by atoms with Crippen LogP contribution in [0.25, 0.3) is 5.65 Å². The average Bonchev–Trinajstić information content (AvgIpc) is 3.34. The van der Waals surface area contributed by atoms with Crippen LogP contribution in [0.15, 0.2) is 46.6 Å². The van der Waals surface area contributed by atoms with Crippen LogP contribution in [0, 0.1) is 11.3 Å². The van der Waals surface area contributed by atoms with Crippen LogP contribution in [0.1, 0.15) is 39.0 Å². The number of imidazole rings is 1. The lowest BCUT2D eigenvalue weighted by Crippen LogP contribution is -2.40. The van der Waals surface area contributed by atoms with Crippen molar-refractivity contribution in [2.75, 3.05) is 18.0 Å². The van der Waals surface area contributed by atoms with E-state index in [4.69, 9.17) is 28.2 Å². The third-order valence-electron chi connectivity index (χ3n) is 6.57. The van der Waals surface area contributed by atoms with Crippen molar-refractivity contribution in [2.45, 2.75) is 48.8 Å². The maximum Gasteiger partial charge on any atom is 0.211 e. The summed E-state index contributed by atoms with van der Waals surface area (Å²) >= 11 is 14.1. The third-order valence-corrected chi connectivity index (χ3v) is 8.56. The molecule has 152 valence electrons. The molecule has 3 aromatic rings. The fourth-order valence-corrected chi connectivity index (χ4v) is 6.40. The molecular formula is C22H24Cl2N4S. The van der Waals surface area contributed by atoms with E-state index in [-0.39, 0.29) is 0 Å². The minimum Gasteiger partial charge on any atom is -0.342 e. The molecule has 1 unspecified atom stereocenters. The van der Waals surface area contributed by atoms with Gasteiger partial charge in [-0.25, -0.2) is 9.97 Å². The smallest absolute Gasteiger partial charge is 0.211 e. The van der Waals surface area contributed by atoms with Crippen LogP contribution in [0.4, 0.5) is 5.95 Å². The van der Waals surface area contributed by atoms with E-state index in [1.165, 1.54) is 32.1 Å². The standard InChI is InChI=1S/C22H24Cl2N4S/c1-15-5-6-22(13-15)7-10-27(11-8-22)21-26-14-18(20-25-9-12-28(20)21)29-17-4-2-3-16(23)19(17)24/h2-4,9,12,14-15H,5-8,10-11,13H2,1H3. The molecule has 1 saturated heterocycles. The Labute approximate surface area is 185 Å². The molecule has 1 aromatic carbocycles. The van der Waals surface area contributed by atoms with E-state index in [1.54, 1.807) is 17.8 Å². The van der Waals surface area contributed by atoms with Crippen molar-refractivity contribution in [1.82, 2.24) is 14.4 Å². The number of piperidine rings is 1. The average molecular weight is 447 g/mol. The molecule has 0 radical (unpaired) electrons. The molecule has 29 heavy (non-hydrogen) atoms. The number of hydrogen-bond acceptors (Lipinski definition) is 4. The summed E-state index contributed by atoms with van der Waals surface area (Å²) in [6.45, 7) is 4.54. The van der Waals surface area contributed by atoms with Gasteiger partial charge >= 0.3 is 0 Å². The third kappa shape index (κ3) is 3.62. The van der Waals surface area contributed by atoms with Gasteiger partial charge in [-0.2, -0.15) is 0 Å². The summed E-state index contributed by atoms with van der Waals surface area (Å²) in [5, 5.41) is 1.13. The van der Waals surface area contributed by atoms with Gasteiger partial charge < -0.3 is 4.90 Å². The molecular weight excluding hydrogens is 423 g/mol. The Hall–Kier alpha value is -1.43. The number of aromatic nitrogens is 3. The van der Waals surface area contributed by atoms with Crippen molar-refractivity contribution in [3.05, 3.63) is 46.8 Å². The van der Waals surface area contributed by atoms with Gasteiger partial charge in [0, 0.05) is 36.6 Å². The monoisotopic (exact) mass is 446 g/mol. The lowest BCUT2D eigenvalue weighted by atomic mass is 9.76. The molecule has 0 amide bonds. The zero-order valence-electron chi connectivity index (χ0n) is 16.4. The Balaban J connectivity index is 1.40. The van der Waals surface area contributed by atoms with Crippen molar-refractivity contribution < 1.29 is 0 Å². The van der Waals surface area contributed by atoms with Gasteiger partial charge in [-0.15, -0.1) is 0 Å². The van der Waals surface area contributed by atoms with Gasteiger partial charge in [0.2, 0.25) is 5.95 Å². The highest BCUT2D eigenvalue weighted by Crippen LogP contribution is 2.49. The summed E-state index contributed by atoms with van der Waals surface area (Å²) in [6.07, 6.45) is 12.5. The Morgan fingerprint density at radius 3 is 2.69 bits per heavy atom. The fraction of sp³-hybridized carbons (Fsp3) is 0.455. The molecule has 1 aliphatic heterocycles. The van der Waals surface area contributed by atoms with E-state index in [0.717, 1.165) is 40.4 Å². The Bertz CT molecular complexity index is 1040. The number of nitrogens with zero attached hydrogens (tertiary/aromatic N) is 4. The summed E-state index contributed by atoms with van der Waals surface area (Å²) in [5.74, 6) is 1.87. The number of rotatable bonds is 3. The van der Waals surface area contributed by atoms with E-state index in [2.05, 4.69) is 21.2 Å². The van der Waals surface area contributed by atoms with Crippen LogP contribution in [0.3, 0.4) is 0 Å². The first kappa shape index (κ1) is 19.5. The van der Waals surface area contributed by atoms with Gasteiger partial charge in [0.25, 0.3) is 0 Å². The van der Waals surface area contributed by atoms with Crippen LogP contribution < -0.4 is 4.90 Å². The summed E-state index contributed by atoms with van der Waals surface area (Å²) in [4.78, 5) is 13.7. The molecule has 2 aliphatic rings. The summed E-state index contributed by atoms with van der Waals surface area (Å²) in [5.41, 5.74) is 1.48. The minimum atomic E-state index is 0.559. The predicted octanol–water partition coefficient (Wildman–Crippen LogP) is 6.59. The SMILES string of the molecule is CC1CCC2(CCN(c3ncc(Sc4cccc(Cl)c4Cl)c4nccn34)CC2)C1. The van der Waals surface area contributed by atoms with Crippen LogP contribution in [-0.4, -0.2) is 27.5 Å². The molecule has 1 aliphatic carbocycles. The number of benzene rings is 1. The normalized spacial score (nSPS) is 21.3. The van der Waals surface area contributed by atoms with Crippen molar-refractivity contribution >= 4 is 46.6 Å². The minimum absolute atomic E-state index is 0.559. The molecule has 1 atom stereocenters. The first-order valence-electron chi connectivity index (χ1n) is 10.2. The van der Waals surface area contributed by atoms with Crippen LogP contribution in [0.5, 0.6) is 0 Å². The molecule has 4 nitrogen and oxygen atoms in total. The summed E-state index contributed by atoms with van der Waals surface area (Å²) in [6, 6.07) is 5.68. The molecule has 0 N–H and O–H groups in total. The first-order chi connectivity index (χ1) is 14.0. The highest BCUT2D eigenvalue weighted by Gasteiger charge is 2.40. The van der Waals surface area contributed by atoms with Crippen molar-refractivity contribution in [2.24, 2.45) is 11.3 Å². The zero-order valence-corrected chi connectivity index (χ0v) is 18.8. The van der Waals surface area contributed by atoms with Gasteiger partial charge in [-0.1, -0.05) is 54.4 Å². The van der Waals surface area contributed by atoms with E-state index < -0.39 is 0 Å². The van der Waals surface area contributed by atoms with Crippen molar-refractivity contribution in [3.8, 4) is 0 Å². The van der Waals surface area contributed by atoms with Gasteiger partial charge in [0.15, 0.2) is 5.65 Å². The van der Waals surface area contributed by atoms with Gasteiger partial charge in [0.1, 0.15) is 0 Å². The summed E-state index contributed by atoms with van der Waals surface area (Å²) in [7, 11) is 0. The number of hydrogen-bond donors (Lipinski definition) is 0.